The SMILES string of the molecule is Cc1ccc(NC(=O)[C@@H](C)OC(=O)Cc2ccc(Br)cc2)cc1. The summed E-state index contributed by atoms with van der Waals surface area (Å²) in [5.41, 5.74) is 2.62. The van der Waals surface area contributed by atoms with Crippen molar-refractivity contribution < 1.29 is 14.3 Å². The van der Waals surface area contributed by atoms with Gasteiger partial charge in [0.25, 0.3) is 5.91 Å². The molecule has 0 radical (unpaired) electrons. The fraction of sp³-hybridized carbons (Fsp3) is 0.222. The maximum Gasteiger partial charge on any atom is 0.311 e. The van der Waals surface area contributed by atoms with E-state index in [0.717, 1.165) is 15.6 Å². The number of benzene rings is 2. The Morgan fingerprint density at radius 3 is 2.30 bits per heavy atom. The van der Waals surface area contributed by atoms with Crippen LogP contribution in [0.5, 0.6) is 0 Å². The molecule has 0 unspecified atom stereocenters. The summed E-state index contributed by atoms with van der Waals surface area (Å²) in [6, 6.07) is 14.8. The molecule has 2 rings (SSSR count). The molecule has 0 aliphatic carbocycles. The molecule has 23 heavy (non-hydrogen) atoms. The summed E-state index contributed by atoms with van der Waals surface area (Å²) in [5.74, 6) is -0.781. The van der Waals surface area contributed by atoms with E-state index >= 15 is 0 Å². The number of carbonyl (C=O) groups excluding carboxylic acids is 2. The van der Waals surface area contributed by atoms with E-state index in [1.54, 1.807) is 6.92 Å². The van der Waals surface area contributed by atoms with Crippen LogP contribution in [0.3, 0.4) is 0 Å². The second kappa shape index (κ2) is 7.92. The molecule has 0 saturated carbocycles. The Labute approximate surface area is 144 Å². The molecule has 0 aromatic heterocycles. The second-order valence-corrected chi connectivity index (χ2v) is 6.21. The smallest absolute Gasteiger partial charge is 0.311 e. The average Bonchev–Trinajstić information content (AvgIpc) is 2.51. The molecule has 1 amide bonds. The first kappa shape index (κ1) is 17.2. The lowest BCUT2D eigenvalue weighted by molar-refractivity contribution is -0.152. The van der Waals surface area contributed by atoms with Crippen LogP contribution >= 0.6 is 15.9 Å². The highest BCUT2D eigenvalue weighted by molar-refractivity contribution is 9.10. The first-order chi connectivity index (χ1) is 10.9. The van der Waals surface area contributed by atoms with Crippen LogP contribution in [-0.4, -0.2) is 18.0 Å². The summed E-state index contributed by atoms with van der Waals surface area (Å²) in [5, 5.41) is 2.72. The number of aryl methyl sites for hydroxylation is 1. The molecule has 1 atom stereocenters. The van der Waals surface area contributed by atoms with Crippen LogP contribution in [0.1, 0.15) is 18.1 Å². The van der Waals surface area contributed by atoms with Gasteiger partial charge in [-0.05, 0) is 43.7 Å². The first-order valence-electron chi connectivity index (χ1n) is 7.25. The number of esters is 1. The molecule has 0 aliphatic rings. The van der Waals surface area contributed by atoms with Gasteiger partial charge in [-0.15, -0.1) is 0 Å². The molecule has 5 heteroatoms. The predicted molar refractivity (Wildman–Crippen MR) is 93.2 cm³/mol. The number of nitrogens with one attached hydrogen (secondary N) is 1. The number of amides is 1. The Balaban J connectivity index is 1.86. The number of hydrogen-bond donors (Lipinski definition) is 1. The van der Waals surface area contributed by atoms with Crippen molar-refractivity contribution in [2.75, 3.05) is 5.32 Å². The summed E-state index contributed by atoms with van der Waals surface area (Å²) in [6.45, 7) is 3.53. The summed E-state index contributed by atoms with van der Waals surface area (Å²) < 4.78 is 6.12. The van der Waals surface area contributed by atoms with Crippen LogP contribution in [0.2, 0.25) is 0 Å². The van der Waals surface area contributed by atoms with Gasteiger partial charge in [-0.2, -0.15) is 0 Å². The van der Waals surface area contributed by atoms with E-state index in [4.69, 9.17) is 4.74 Å². The molecule has 1 N–H and O–H groups in total. The molecule has 2 aromatic carbocycles. The Hall–Kier alpha value is -2.14. The minimum absolute atomic E-state index is 0.134. The third-order valence-electron chi connectivity index (χ3n) is 3.26. The Kier molecular flexibility index (Phi) is 5.93. The monoisotopic (exact) mass is 375 g/mol. The van der Waals surface area contributed by atoms with Gasteiger partial charge in [0, 0.05) is 10.2 Å². The van der Waals surface area contributed by atoms with Crippen LogP contribution in [0.15, 0.2) is 53.0 Å². The van der Waals surface area contributed by atoms with Crippen molar-refractivity contribution in [3.05, 3.63) is 64.1 Å². The Morgan fingerprint density at radius 2 is 1.70 bits per heavy atom. The summed E-state index contributed by atoms with van der Waals surface area (Å²) >= 11 is 3.34. The maximum atomic E-state index is 12.0. The van der Waals surface area contributed by atoms with E-state index in [0.29, 0.717) is 5.69 Å². The van der Waals surface area contributed by atoms with E-state index < -0.39 is 12.1 Å². The maximum absolute atomic E-state index is 12.0. The highest BCUT2D eigenvalue weighted by Crippen LogP contribution is 2.12. The lowest BCUT2D eigenvalue weighted by Crippen LogP contribution is -2.30. The molecule has 0 heterocycles. The quantitative estimate of drug-likeness (QED) is 0.806. The van der Waals surface area contributed by atoms with Gasteiger partial charge in [-0.25, -0.2) is 0 Å². The van der Waals surface area contributed by atoms with Crippen LogP contribution in [0.25, 0.3) is 0 Å². The number of hydrogen-bond acceptors (Lipinski definition) is 3. The Bertz CT molecular complexity index is 680. The highest BCUT2D eigenvalue weighted by Gasteiger charge is 2.18. The van der Waals surface area contributed by atoms with Crippen LogP contribution < -0.4 is 5.32 Å². The molecule has 0 aliphatic heterocycles. The predicted octanol–water partition coefficient (Wildman–Crippen LogP) is 3.87. The van der Waals surface area contributed by atoms with Crippen LogP contribution in [-0.2, 0) is 20.7 Å². The van der Waals surface area contributed by atoms with Crippen LogP contribution in [0.4, 0.5) is 5.69 Å². The summed E-state index contributed by atoms with van der Waals surface area (Å²) in [7, 11) is 0. The molecule has 4 nitrogen and oxygen atoms in total. The minimum Gasteiger partial charge on any atom is -0.452 e. The zero-order chi connectivity index (χ0) is 16.8. The minimum atomic E-state index is -0.848. The fourth-order valence-corrected chi connectivity index (χ4v) is 2.21. The second-order valence-electron chi connectivity index (χ2n) is 5.29. The summed E-state index contributed by atoms with van der Waals surface area (Å²) in [6.07, 6.45) is -0.714. The number of carbonyl (C=O) groups is 2. The van der Waals surface area contributed by atoms with Crippen molar-refractivity contribution in [1.29, 1.82) is 0 Å². The third kappa shape index (κ3) is 5.53. The number of anilines is 1. The van der Waals surface area contributed by atoms with E-state index in [9.17, 15) is 9.59 Å². The van der Waals surface area contributed by atoms with Crippen molar-refractivity contribution in [2.45, 2.75) is 26.4 Å². The standard InChI is InChI=1S/C18H18BrNO3/c1-12-3-9-16(10-4-12)20-18(22)13(2)23-17(21)11-14-5-7-15(19)8-6-14/h3-10,13H,11H2,1-2H3,(H,20,22)/t13-/m1/s1. The number of ether oxygens (including phenoxy) is 1. The van der Waals surface area contributed by atoms with E-state index in [2.05, 4.69) is 21.2 Å². The fourth-order valence-electron chi connectivity index (χ4n) is 1.94. The average molecular weight is 376 g/mol. The van der Waals surface area contributed by atoms with E-state index in [-0.39, 0.29) is 12.3 Å². The Morgan fingerprint density at radius 1 is 1.09 bits per heavy atom. The third-order valence-corrected chi connectivity index (χ3v) is 3.79. The van der Waals surface area contributed by atoms with Gasteiger partial charge in [0.15, 0.2) is 6.10 Å². The molecule has 0 bridgehead atoms. The zero-order valence-corrected chi connectivity index (χ0v) is 14.6. The first-order valence-corrected chi connectivity index (χ1v) is 8.05. The van der Waals surface area contributed by atoms with Crippen molar-refractivity contribution in [3.63, 3.8) is 0 Å². The van der Waals surface area contributed by atoms with Gasteiger partial charge in [0.2, 0.25) is 0 Å². The van der Waals surface area contributed by atoms with Gasteiger partial charge >= 0.3 is 5.97 Å². The molecule has 2 aromatic rings. The zero-order valence-electron chi connectivity index (χ0n) is 13.0. The molecular weight excluding hydrogens is 358 g/mol. The van der Waals surface area contributed by atoms with Crippen molar-refractivity contribution in [3.8, 4) is 0 Å². The normalized spacial score (nSPS) is 11.6. The molecular formula is C18H18BrNO3. The van der Waals surface area contributed by atoms with Gasteiger partial charge in [-0.3, -0.25) is 9.59 Å². The van der Waals surface area contributed by atoms with E-state index in [1.165, 1.54) is 0 Å². The molecule has 0 saturated heterocycles. The van der Waals surface area contributed by atoms with Crippen molar-refractivity contribution >= 4 is 33.5 Å². The van der Waals surface area contributed by atoms with E-state index in [1.807, 2.05) is 55.5 Å². The van der Waals surface area contributed by atoms with Gasteiger partial charge in [-0.1, -0.05) is 45.8 Å². The lowest BCUT2D eigenvalue weighted by atomic mass is 10.1. The number of rotatable bonds is 5. The summed E-state index contributed by atoms with van der Waals surface area (Å²) in [4.78, 5) is 23.9. The highest BCUT2D eigenvalue weighted by atomic mass is 79.9. The van der Waals surface area contributed by atoms with Gasteiger partial charge in [0.05, 0.1) is 6.42 Å². The number of halogens is 1. The largest absolute Gasteiger partial charge is 0.452 e. The van der Waals surface area contributed by atoms with Crippen LogP contribution in [0, 0.1) is 6.92 Å². The molecule has 0 fully saturated rings. The lowest BCUT2D eigenvalue weighted by Gasteiger charge is -2.13. The van der Waals surface area contributed by atoms with Crippen molar-refractivity contribution in [2.24, 2.45) is 0 Å². The topological polar surface area (TPSA) is 55.4 Å². The molecule has 0 spiro atoms. The van der Waals surface area contributed by atoms with Gasteiger partial charge in [0.1, 0.15) is 0 Å². The van der Waals surface area contributed by atoms with Crippen molar-refractivity contribution in [1.82, 2.24) is 0 Å². The van der Waals surface area contributed by atoms with Gasteiger partial charge < -0.3 is 10.1 Å². The molecule has 120 valence electrons.